The number of aryl methyl sites for hydroxylation is 1. The third kappa shape index (κ3) is 7.09. The average molecular weight is 543 g/mol. The van der Waals surface area contributed by atoms with E-state index in [9.17, 15) is 4.79 Å². The van der Waals surface area contributed by atoms with Crippen LogP contribution in [-0.2, 0) is 0 Å². The molecule has 5 rings (SSSR count). The highest BCUT2D eigenvalue weighted by molar-refractivity contribution is 6.30. The zero-order chi connectivity index (χ0) is 27.0. The number of nitrogens with zero attached hydrogens (tertiary/aromatic N) is 1. The molecule has 0 spiro atoms. The summed E-state index contributed by atoms with van der Waals surface area (Å²) in [6, 6.07) is 14.1. The summed E-state index contributed by atoms with van der Waals surface area (Å²) in [7, 11) is 0. The number of carbonyl (C=O) groups is 1. The summed E-state index contributed by atoms with van der Waals surface area (Å²) in [6.07, 6.45) is 16.3. The van der Waals surface area contributed by atoms with Crippen molar-refractivity contribution in [2.24, 2.45) is 16.8 Å². The summed E-state index contributed by atoms with van der Waals surface area (Å²) in [5, 5.41) is 10.9. The lowest BCUT2D eigenvalue weighted by molar-refractivity contribution is 0.0950. The summed E-state index contributed by atoms with van der Waals surface area (Å²) in [5.74, 6) is 0.922. The zero-order valence-electron chi connectivity index (χ0n) is 22.8. The number of benzene rings is 2. The molecular weight excluding hydrogens is 504 g/mol. The van der Waals surface area contributed by atoms with Crippen molar-refractivity contribution in [2.75, 3.05) is 25.0 Å². The molecule has 2 aliphatic heterocycles. The molecule has 39 heavy (non-hydrogen) atoms. The van der Waals surface area contributed by atoms with E-state index in [-0.39, 0.29) is 11.8 Å². The number of carbonyl (C=O) groups excluding carboxylic acids is 1. The second-order valence-electron chi connectivity index (χ2n) is 10.8. The van der Waals surface area contributed by atoms with Crippen molar-refractivity contribution in [2.45, 2.75) is 51.9 Å². The van der Waals surface area contributed by atoms with Gasteiger partial charge < -0.3 is 16.0 Å². The van der Waals surface area contributed by atoms with Gasteiger partial charge in [0.2, 0.25) is 0 Å². The van der Waals surface area contributed by atoms with Gasteiger partial charge in [-0.25, -0.2) is 0 Å². The number of allylic oxidation sites excluding steroid dienone is 5. The fraction of sp³-hybridized carbons (Fsp3) is 0.394. The lowest BCUT2D eigenvalue weighted by Gasteiger charge is -2.22. The van der Waals surface area contributed by atoms with Gasteiger partial charge in [-0.3, -0.25) is 9.79 Å². The Balaban J connectivity index is 1.27. The first-order valence-corrected chi connectivity index (χ1v) is 14.7. The second-order valence-corrected chi connectivity index (χ2v) is 11.2. The Bertz CT molecular complexity index is 1290. The second kappa shape index (κ2) is 13.3. The van der Waals surface area contributed by atoms with Gasteiger partial charge in [0.1, 0.15) is 0 Å². The predicted molar refractivity (Wildman–Crippen MR) is 163 cm³/mol. The number of aliphatic imine (C=N–C) groups is 1. The highest BCUT2D eigenvalue weighted by atomic mass is 35.5. The molecule has 0 aromatic heterocycles. The number of hydrogen-bond donors (Lipinski definition) is 3. The number of rotatable bonds is 7. The molecule has 2 aromatic rings. The maximum absolute atomic E-state index is 12.9. The fourth-order valence-electron chi connectivity index (χ4n) is 5.78. The van der Waals surface area contributed by atoms with E-state index >= 15 is 0 Å². The first-order valence-electron chi connectivity index (χ1n) is 14.3. The summed E-state index contributed by atoms with van der Waals surface area (Å²) in [4.78, 5) is 17.8. The summed E-state index contributed by atoms with van der Waals surface area (Å²) < 4.78 is 0. The highest BCUT2D eigenvalue weighted by Crippen LogP contribution is 2.36. The van der Waals surface area contributed by atoms with Crippen molar-refractivity contribution in [1.29, 1.82) is 0 Å². The zero-order valence-corrected chi connectivity index (χ0v) is 23.6. The summed E-state index contributed by atoms with van der Waals surface area (Å²) in [5.41, 5.74) is 7.19. The molecule has 204 valence electrons. The van der Waals surface area contributed by atoms with Crippen molar-refractivity contribution in [3.8, 4) is 0 Å². The molecule has 3 aliphatic rings. The van der Waals surface area contributed by atoms with Gasteiger partial charge in [-0.1, -0.05) is 42.0 Å². The van der Waals surface area contributed by atoms with Gasteiger partial charge in [0.15, 0.2) is 0 Å². The van der Waals surface area contributed by atoms with Gasteiger partial charge in [0.25, 0.3) is 5.91 Å². The first kappa shape index (κ1) is 27.4. The molecule has 1 aliphatic carbocycles. The number of nitrogens with one attached hydrogen (secondary N) is 3. The van der Waals surface area contributed by atoms with Gasteiger partial charge in [0, 0.05) is 34.9 Å². The number of amides is 1. The van der Waals surface area contributed by atoms with Crippen molar-refractivity contribution >= 4 is 34.5 Å². The van der Waals surface area contributed by atoms with E-state index in [1.54, 1.807) is 0 Å². The highest BCUT2D eigenvalue weighted by Gasteiger charge is 2.28. The van der Waals surface area contributed by atoms with Crippen LogP contribution >= 0.6 is 11.6 Å². The van der Waals surface area contributed by atoms with Crippen LogP contribution in [0.5, 0.6) is 0 Å². The van der Waals surface area contributed by atoms with E-state index < -0.39 is 0 Å². The smallest absolute Gasteiger partial charge is 0.251 e. The van der Waals surface area contributed by atoms with E-state index in [1.807, 2.05) is 37.4 Å². The van der Waals surface area contributed by atoms with Crippen LogP contribution in [0.15, 0.2) is 77.6 Å². The van der Waals surface area contributed by atoms with Crippen LogP contribution in [0.3, 0.4) is 0 Å². The standard InChI is InChI=1S/C33H39ClN4O/c1-23-21-27(13-14-28(23)33(39)36-20-17-24-15-18-35-19-16-24)38-31-8-6-4-2-3-5-7-29-30(22-37-32(29)31)25-9-11-26(34)12-10-25/h2-3,8-14,21-22,24,29,35,38H,4-7,15-20H2,1H3,(H,36,39)/b3-2-,31-8+. The average Bonchev–Trinajstić information content (AvgIpc) is 3.37. The maximum Gasteiger partial charge on any atom is 0.251 e. The molecule has 0 saturated carbocycles. The van der Waals surface area contributed by atoms with E-state index in [0.29, 0.717) is 5.92 Å². The maximum atomic E-state index is 12.9. The van der Waals surface area contributed by atoms with Crippen LogP contribution in [0.25, 0.3) is 5.57 Å². The van der Waals surface area contributed by atoms with Crippen molar-refractivity contribution in [3.63, 3.8) is 0 Å². The number of fused-ring (bicyclic) bond motifs is 1. The molecule has 1 atom stereocenters. The molecular formula is C33H39ClN4O. The lowest BCUT2D eigenvalue weighted by atomic mass is 9.85. The molecule has 2 aromatic carbocycles. The fourth-order valence-corrected chi connectivity index (χ4v) is 5.91. The van der Waals surface area contributed by atoms with Crippen molar-refractivity contribution in [3.05, 3.63) is 94.3 Å². The van der Waals surface area contributed by atoms with Gasteiger partial charge in [-0.15, -0.1) is 0 Å². The number of hydrogen-bond acceptors (Lipinski definition) is 4. The normalized spacial score (nSPS) is 22.1. The quantitative estimate of drug-likeness (QED) is 0.321. The van der Waals surface area contributed by atoms with Crippen molar-refractivity contribution in [1.82, 2.24) is 10.6 Å². The molecule has 0 bridgehead atoms. The molecule has 6 heteroatoms. The molecule has 1 unspecified atom stereocenters. The topological polar surface area (TPSA) is 65.5 Å². The van der Waals surface area contributed by atoms with E-state index in [0.717, 1.165) is 90.5 Å². The third-order valence-corrected chi connectivity index (χ3v) is 8.27. The molecule has 5 nitrogen and oxygen atoms in total. The van der Waals surface area contributed by atoms with Crippen molar-refractivity contribution < 1.29 is 4.79 Å². The van der Waals surface area contributed by atoms with Gasteiger partial charge in [-0.05, 0) is 118 Å². The Kier molecular flexibility index (Phi) is 9.33. The van der Waals surface area contributed by atoms with Gasteiger partial charge in [-0.2, -0.15) is 0 Å². The first-order chi connectivity index (χ1) is 19.1. The molecule has 3 N–H and O–H groups in total. The Labute approximate surface area is 237 Å². The van der Waals surface area contributed by atoms with Crippen LogP contribution in [0, 0.1) is 18.8 Å². The molecule has 2 heterocycles. The molecule has 1 amide bonds. The Morgan fingerprint density at radius 3 is 2.62 bits per heavy atom. The Hall–Kier alpha value is -3.15. The summed E-state index contributed by atoms with van der Waals surface area (Å²) in [6.45, 7) is 4.92. The molecule has 1 fully saturated rings. The molecule has 1 saturated heterocycles. The minimum atomic E-state index is 0.00900. The van der Waals surface area contributed by atoms with Crippen LogP contribution in [0.2, 0.25) is 5.02 Å². The van der Waals surface area contributed by atoms with Gasteiger partial charge >= 0.3 is 0 Å². The molecule has 0 radical (unpaired) electrons. The van der Waals surface area contributed by atoms with Gasteiger partial charge in [0.05, 0.1) is 11.4 Å². The monoisotopic (exact) mass is 542 g/mol. The van der Waals surface area contributed by atoms with E-state index in [4.69, 9.17) is 16.6 Å². The predicted octanol–water partition coefficient (Wildman–Crippen LogP) is 7.31. The van der Waals surface area contributed by atoms with Crippen LogP contribution in [0.4, 0.5) is 5.69 Å². The minimum absolute atomic E-state index is 0.00900. The van der Waals surface area contributed by atoms with E-state index in [2.05, 4.69) is 52.4 Å². The third-order valence-electron chi connectivity index (χ3n) is 8.02. The summed E-state index contributed by atoms with van der Waals surface area (Å²) >= 11 is 6.15. The number of piperidine rings is 1. The number of halogens is 1. The largest absolute Gasteiger partial charge is 0.354 e. The SMILES string of the molecule is Cc1cc(N/C2=C/CC/C=C\CCC3C(c4ccc(Cl)cc4)=CN=C23)ccc1C(=O)NCCC1CCNCC1. The number of anilines is 1. The van der Waals surface area contributed by atoms with E-state index in [1.165, 1.54) is 18.4 Å². The van der Waals surface area contributed by atoms with Crippen LogP contribution in [-0.4, -0.2) is 31.3 Å². The lowest BCUT2D eigenvalue weighted by Crippen LogP contribution is -2.31. The minimum Gasteiger partial charge on any atom is -0.354 e. The van der Waals surface area contributed by atoms with Crippen LogP contribution < -0.4 is 16.0 Å². The van der Waals surface area contributed by atoms with Crippen LogP contribution in [0.1, 0.15) is 66.4 Å². The Morgan fingerprint density at radius 1 is 1.03 bits per heavy atom. The Morgan fingerprint density at radius 2 is 1.82 bits per heavy atom.